The quantitative estimate of drug-likeness (QED) is 0.402. The van der Waals surface area contributed by atoms with Crippen molar-refractivity contribution in [1.82, 2.24) is 10.9 Å². The summed E-state index contributed by atoms with van der Waals surface area (Å²) in [6, 6.07) is 8.08. The Balaban J connectivity index is 2.26. The van der Waals surface area contributed by atoms with E-state index in [1.54, 1.807) is 6.08 Å². The molecule has 1 rings (SSSR count). The third-order valence-corrected chi connectivity index (χ3v) is 3.86. The molecule has 2 amide bonds. The van der Waals surface area contributed by atoms with E-state index >= 15 is 0 Å². The van der Waals surface area contributed by atoms with Gasteiger partial charge in [0.05, 0.1) is 0 Å². The van der Waals surface area contributed by atoms with Crippen LogP contribution in [0.1, 0.15) is 76.3 Å². The van der Waals surface area contributed by atoms with E-state index in [1.165, 1.54) is 24.5 Å². The summed E-state index contributed by atoms with van der Waals surface area (Å²) in [5.74, 6) is 0.0142. The fraction of sp³-hybridized carbons (Fsp3) is 0.500. The van der Waals surface area contributed by atoms with Crippen LogP contribution in [0, 0.1) is 0 Å². The second kappa shape index (κ2) is 11.4. The van der Waals surface area contributed by atoms with Crippen LogP contribution in [-0.4, -0.2) is 11.8 Å². The lowest BCUT2D eigenvalue weighted by Gasteiger charge is -2.06. The smallest absolute Gasteiger partial charge is 0.262 e. The molecule has 0 saturated carbocycles. The van der Waals surface area contributed by atoms with Crippen molar-refractivity contribution in [3.63, 3.8) is 0 Å². The van der Waals surface area contributed by atoms with Crippen molar-refractivity contribution in [3.05, 3.63) is 41.5 Å². The van der Waals surface area contributed by atoms with Gasteiger partial charge < -0.3 is 0 Å². The molecule has 0 radical (unpaired) electrons. The van der Waals surface area contributed by atoms with E-state index in [0.29, 0.717) is 12.3 Å². The summed E-state index contributed by atoms with van der Waals surface area (Å²) in [6.45, 7) is 6.45. The van der Waals surface area contributed by atoms with Crippen molar-refractivity contribution in [2.75, 3.05) is 0 Å². The van der Waals surface area contributed by atoms with Gasteiger partial charge in [0.25, 0.3) is 5.91 Å². The van der Waals surface area contributed by atoms with Crippen molar-refractivity contribution in [2.45, 2.75) is 65.2 Å². The zero-order valence-corrected chi connectivity index (χ0v) is 15.1. The molecule has 1 aromatic carbocycles. The first-order valence-electron chi connectivity index (χ1n) is 8.89. The molecule has 4 heteroatoms. The number of amides is 2. The molecule has 0 atom stereocenters. The van der Waals surface area contributed by atoms with Crippen molar-refractivity contribution >= 4 is 17.9 Å². The summed E-state index contributed by atoms with van der Waals surface area (Å²) in [6.07, 6.45) is 9.08. The number of carbonyl (C=O) groups excluding carboxylic acids is 2. The first-order valence-corrected chi connectivity index (χ1v) is 8.89. The maximum atomic E-state index is 11.7. The Morgan fingerprint density at radius 2 is 1.67 bits per heavy atom. The number of hydrogen-bond acceptors (Lipinski definition) is 2. The maximum Gasteiger partial charge on any atom is 0.262 e. The van der Waals surface area contributed by atoms with Crippen LogP contribution in [0.15, 0.2) is 30.3 Å². The maximum absolute atomic E-state index is 11.7. The Morgan fingerprint density at radius 1 is 1.00 bits per heavy atom. The Kier molecular flexibility index (Phi) is 9.51. The first kappa shape index (κ1) is 19.9. The highest BCUT2D eigenvalue weighted by molar-refractivity contribution is 5.93. The second-order valence-electron chi connectivity index (χ2n) is 6.36. The van der Waals surface area contributed by atoms with E-state index in [-0.39, 0.29) is 11.8 Å². The van der Waals surface area contributed by atoms with E-state index in [9.17, 15) is 9.59 Å². The largest absolute Gasteiger partial charge is 0.273 e. The van der Waals surface area contributed by atoms with Crippen molar-refractivity contribution in [2.24, 2.45) is 0 Å². The van der Waals surface area contributed by atoms with Gasteiger partial charge in [-0.3, -0.25) is 20.4 Å². The zero-order valence-electron chi connectivity index (χ0n) is 15.1. The van der Waals surface area contributed by atoms with Gasteiger partial charge >= 0.3 is 0 Å². The van der Waals surface area contributed by atoms with Gasteiger partial charge in [-0.15, -0.1) is 0 Å². The van der Waals surface area contributed by atoms with E-state index in [4.69, 9.17) is 0 Å². The van der Waals surface area contributed by atoms with Crippen molar-refractivity contribution in [1.29, 1.82) is 0 Å². The summed E-state index contributed by atoms with van der Waals surface area (Å²) >= 11 is 0. The fourth-order valence-electron chi connectivity index (χ4n) is 2.29. The predicted octanol–water partition coefficient (Wildman–Crippen LogP) is 4.33. The highest BCUT2D eigenvalue weighted by Crippen LogP contribution is 2.15. The summed E-state index contributed by atoms with van der Waals surface area (Å²) in [7, 11) is 0. The van der Waals surface area contributed by atoms with Crippen LogP contribution in [-0.2, 0) is 9.59 Å². The van der Waals surface area contributed by atoms with Crippen LogP contribution >= 0.6 is 0 Å². The zero-order chi connectivity index (χ0) is 17.8. The lowest BCUT2D eigenvalue weighted by atomic mass is 10.0. The SMILES string of the molecule is CCCCCCCC(=O)NNC(=O)/C=C/c1ccc(C(C)C)cc1. The van der Waals surface area contributed by atoms with Crippen LogP contribution < -0.4 is 10.9 Å². The second-order valence-corrected chi connectivity index (χ2v) is 6.36. The van der Waals surface area contributed by atoms with E-state index in [0.717, 1.165) is 24.8 Å². The van der Waals surface area contributed by atoms with Crippen LogP contribution in [0.4, 0.5) is 0 Å². The minimum atomic E-state index is -0.331. The molecular formula is C20H30N2O2. The molecule has 0 bridgehead atoms. The topological polar surface area (TPSA) is 58.2 Å². The Morgan fingerprint density at radius 3 is 2.29 bits per heavy atom. The summed E-state index contributed by atoms with van der Waals surface area (Å²) in [5.41, 5.74) is 7.07. The van der Waals surface area contributed by atoms with Gasteiger partial charge in [0.1, 0.15) is 0 Å². The van der Waals surface area contributed by atoms with Gasteiger partial charge in [-0.25, -0.2) is 0 Å². The number of nitrogens with one attached hydrogen (secondary N) is 2. The summed E-state index contributed by atoms with van der Waals surface area (Å²) in [5, 5.41) is 0. The number of hydrogen-bond donors (Lipinski definition) is 2. The van der Waals surface area contributed by atoms with E-state index in [2.05, 4.69) is 43.8 Å². The van der Waals surface area contributed by atoms with E-state index in [1.807, 2.05) is 12.1 Å². The van der Waals surface area contributed by atoms with Crippen LogP contribution in [0.3, 0.4) is 0 Å². The average molecular weight is 330 g/mol. The van der Waals surface area contributed by atoms with Crippen LogP contribution in [0.25, 0.3) is 6.08 Å². The standard InChI is InChI=1S/C20H30N2O2/c1-4-5-6-7-8-9-19(23)21-22-20(24)15-12-17-10-13-18(14-11-17)16(2)3/h10-16H,4-9H2,1-3H3,(H,21,23)(H,22,24)/b15-12+. The number of benzene rings is 1. The van der Waals surface area contributed by atoms with Crippen LogP contribution in [0.5, 0.6) is 0 Å². The third kappa shape index (κ3) is 8.51. The molecule has 2 N–H and O–H groups in total. The number of rotatable bonds is 9. The summed E-state index contributed by atoms with van der Waals surface area (Å²) in [4.78, 5) is 23.3. The molecule has 0 aromatic heterocycles. The monoisotopic (exact) mass is 330 g/mol. The predicted molar refractivity (Wildman–Crippen MR) is 99.2 cm³/mol. The van der Waals surface area contributed by atoms with Gasteiger partial charge in [0.2, 0.25) is 5.91 Å². The molecule has 0 fully saturated rings. The molecule has 0 heterocycles. The van der Waals surface area contributed by atoms with Gasteiger partial charge in [-0.2, -0.15) is 0 Å². The molecule has 24 heavy (non-hydrogen) atoms. The van der Waals surface area contributed by atoms with Crippen LogP contribution in [0.2, 0.25) is 0 Å². The van der Waals surface area contributed by atoms with Crippen molar-refractivity contribution < 1.29 is 9.59 Å². The number of carbonyl (C=O) groups is 2. The summed E-state index contributed by atoms with van der Waals surface area (Å²) < 4.78 is 0. The first-order chi connectivity index (χ1) is 11.5. The molecular weight excluding hydrogens is 300 g/mol. The molecule has 0 spiro atoms. The van der Waals surface area contributed by atoms with Gasteiger partial charge in [0, 0.05) is 12.5 Å². The van der Waals surface area contributed by atoms with Gasteiger partial charge in [0.15, 0.2) is 0 Å². The molecule has 132 valence electrons. The Hall–Kier alpha value is -2.10. The molecule has 0 saturated heterocycles. The average Bonchev–Trinajstić information content (AvgIpc) is 2.58. The normalized spacial score (nSPS) is 11.0. The number of hydrazine groups is 1. The Labute approximate surface area is 145 Å². The lowest BCUT2D eigenvalue weighted by molar-refractivity contribution is -0.126. The minimum Gasteiger partial charge on any atom is -0.273 e. The van der Waals surface area contributed by atoms with Gasteiger partial charge in [-0.1, -0.05) is 70.7 Å². The molecule has 0 aliphatic heterocycles. The minimum absolute atomic E-state index is 0.144. The molecule has 1 aromatic rings. The molecule has 0 aliphatic carbocycles. The highest BCUT2D eigenvalue weighted by atomic mass is 16.2. The van der Waals surface area contributed by atoms with E-state index < -0.39 is 0 Å². The fourth-order valence-corrected chi connectivity index (χ4v) is 2.29. The highest BCUT2D eigenvalue weighted by Gasteiger charge is 2.02. The molecule has 0 unspecified atom stereocenters. The molecule has 4 nitrogen and oxygen atoms in total. The Bertz CT molecular complexity index is 533. The van der Waals surface area contributed by atoms with Gasteiger partial charge in [-0.05, 0) is 29.5 Å². The molecule has 0 aliphatic rings. The van der Waals surface area contributed by atoms with Crippen molar-refractivity contribution in [3.8, 4) is 0 Å². The lowest BCUT2D eigenvalue weighted by Crippen LogP contribution is -2.40. The number of unbranched alkanes of at least 4 members (excludes halogenated alkanes) is 4. The third-order valence-electron chi connectivity index (χ3n) is 3.86.